The van der Waals surface area contributed by atoms with Gasteiger partial charge in [-0.3, -0.25) is 9.59 Å². The van der Waals surface area contributed by atoms with Gasteiger partial charge in [0.15, 0.2) is 8.59 Å². The first-order chi connectivity index (χ1) is 22.2. The maximum Gasteiger partial charge on any atom is 0.180 e. The number of aromatic amines is 2. The van der Waals surface area contributed by atoms with E-state index in [0.29, 0.717) is 11.1 Å². The van der Waals surface area contributed by atoms with Crippen molar-refractivity contribution in [2.45, 2.75) is 8.59 Å². The van der Waals surface area contributed by atoms with E-state index in [-0.39, 0.29) is 0 Å². The van der Waals surface area contributed by atoms with Gasteiger partial charge in [-0.1, -0.05) is 118 Å². The molecule has 2 aromatic heterocycles. The molecule has 12 heteroatoms. The average molecular weight is 733 g/mol. The van der Waals surface area contributed by atoms with Gasteiger partial charge in [0.2, 0.25) is 0 Å². The molecule has 0 unspecified atom stereocenters. The minimum Gasteiger partial charge on any atom is -0.361 e. The first-order valence-corrected chi connectivity index (χ1v) is 16.1. The number of benzene rings is 2. The second-order valence-electron chi connectivity index (χ2n) is 9.32. The minimum atomic E-state index is -0.750. The van der Waals surface area contributed by atoms with Crippen molar-refractivity contribution in [3.8, 4) is 0 Å². The van der Waals surface area contributed by atoms with Crippen molar-refractivity contribution in [3.05, 3.63) is 155 Å². The topological polar surface area (TPSA) is 90.4 Å². The highest BCUT2D eigenvalue weighted by Gasteiger charge is 2.20. The normalized spacial score (nSPS) is 15.5. The van der Waals surface area contributed by atoms with E-state index in [1.54, 1.807) is 24.3 Å². The summed E-state index contributed by atoms with van der Waals surface area (Å²) in [7, 11) is 0. The number of H-pyrrole nitrogens is 2. The van der Waals surface area contributed by atoms with Crippen LogP contribution in [0.1, 0.15) is 43.2 Å². The Kier molecular flexibility index (Phi) is 13.3. The summed E-state index contributed by atoms with van der Waals surface area (Å²) < 4.78 is -1.50. The molecule has 0 atom stereocenters. The van der Waals surface area contributed by atoms with Gasteiger partial charge < -0.3 is 9.97 Å². The standard InChI is InChI=1S/C32H22N4O2.2CHCl3/c37-19-21-5-9-23(10-6-21)31(27-3-1-17-33-27)29-15-13-25(35-29)26-14-16-30(36-26)32(28-4-2-18-34-28)24-11-7-22(20-38)8-12-24;2*2-1(3)4/h1-20,33-34H;2*1H/b31-29-,32-30-;;. The average Bonchev–Trinajstić information content (AvgIpc) is 3.87. The smallest absolute Gasteiger partial charge is 0.180 e. The molecule has 6 rings (SSSR count). The third kappa shape index (κ3) is 9.69. The monoisotopic (exact) mass is 730 g/mol. The van der Waals surface area contributed by atoms with E-state index in [4.69, 9.17) is 79.6 Å². The maximum atomic E-state index is 11.1. The van der Waals surface area contributed by atoms with Crippen LogP contribution in [0.3, 0.4) is 0 Å². The Balaban J connectivity index is 0.000000541. The zero-order valence-electron chi connectivity index (χ0n) is 23.7. The van der Waals surface area contributed by atoms with Gasteiger partial charge in [-0.05, 0) is 59.7 Å². The summed E-state index contributed by atoms with van der Waals surface area (Å²) in [5, 5.41) is 0. The molecule has 0 saturated heterocycles. The largest absolute Gasteiger partial charge is 0.361 e. The SMILES string of the molecule is ClC(Cl)Cl.ClC(Cl)Cl.O=Cc1ccc(/C(=C2\C=CC(C3=N/C(=C(/c4ccc(C=O)cc4)c4ccc[nH]4)C=C3)=N2)c2ccc[nH]2)cc1. The second-order valence-corrected chi connectivity index (χ2v) is 13.3. The Morgan fingerprint density at radius 1 is 0.543 bits per heavy atom. The summed E-state index contributed by atoms with van der Waals surface area (Å²) in [5.41, 5.74) is 10.1. The van der Waals surface area contributed by atoms with Crippen molar-refractivity contribution >= 4 is 105 Å². The van der Waals surface area contributed by atoms with Crippen LogP contribution < -0.4 is 0 Å². The van der Waals surface area contributed by atoms with Crippen molar-refractivity contribution in [2.75, 3.05) is 0 Å². The lowest BCUT2D eigenvalue weighted by atomic mass is 9.99. The highest BCUT2D eigenvalue weighted by atomic mass is 35.6. The lowest BCUT2D eigenvalue weighted by Crippen LogP contribution is -2.04. The summed E-state index contributed by atoms with van der Waals surface area (Å²) >= 11 is 28.8. The van der Waals surface area contributed by atoms with E-state index < -0.39 is 8.59 Å². The lowest BCUT2D eigenvalue weighted by Gasteiger charge is -2.09. The van der Waals surface area contributed by atoms with Crippen LogP contribution in [-0.4, -0.2) is 42.6 Å². The minimum absolute atomic E-state index is 0.624. The van der Waals surface area contributed by atoms with Crippen LogP contribution >= 0.6 is 69.6 Å². The number of rotatable bonds is 7. The summed E-state index contributed by atoms with van der Waals surface area (Å²) in [6.07, 6.45) is 13.3. The van der Waals surface area contributed by atoms with E-state index in [2.05, 4.69) is 9.97 Å². The first-order valence-electron chi connectivity index (χ1n) is 13.5. The molecule has 4 aromatic rings. The van der Waals surface area contributed by atoms with E-state index in [1.807, 2.05) is 85.2 Å². The molecule has 6 nitrogen and oxygen atoms in total. The van der Waals surface area contributed by atoms with Crippen LogP contribution in [0.25, 0.3) is 11.1 Å². The van der Waals surface area contributed by atoms with Gasteiger partial charge in [-0.15, -0.1) is 0 Å². The number of carbonyl (C=O) groups excluding carboxylic acids is 2. The molecule has 0 bridgehead atoms. The zero-order chi connectivity index (χ0) is 33.1. The fraction of sp³-hybridized carbons (Fsp3) is 0.0588. The number of alkyl halides is 6. The Labute approximate surface area is 295 Å². The summed E-state index contributed by atoms with van der Waals surface area (Å²) in [6.45, 7) is 0. The molecule has 2 aromatic carbocycles. The van der Waals surface area contributed by atoms with E-state index in [1.165, 1.54) is 0 Å². The molecular weight excluding hydrogens is 709 g/mol. The molecule has 0 amide bonds. The third-order valence-corrected chi connectivity index (χ3v) is 6.46. The van der Waals surface area contributed by atoms with Crippen molar-refractivity contribution < 1.29 is 9.59 Å². The molecule has 0 saturated carbocycles. The van der Waals surface area contributed by atoms with Crippen LogP contribution in [0.4, 0.5) is 0 Å². The number of aldehydes is 2. The molecule has 46 heavy (non-hydrogen) atoms. The Hall–Kier alpha value is -3.62. The van der Waals surface area contributed by atoms with Gasteiger partial charge in [-0.2, -0.15) is 0 Å². The molecule has 2 aliphatic rings. The molecule has 0 radical (unpaired) electrons. The molecule has 0 fully saturated rings. The third-order valence-electron chi connectivity index (χ3n) is 6.46. The number of allylic oxidation sites excluding steroid dienone is 4. The van der Waals surface area contributed by atoms with Gasteiger partial charge in [0.25, 0.3) is 0 Å². The summed E-state index contributed by atoms with van der Waals surface area (Å²) in [5.74, 6) is 0. The molecule has 2 aliphatic heterocycles. The summed E-state index contributed by atoms with van der Waals surface area (Å²) in [4.78, 5) is 38.7. The van der Waals surface area contributed by atoms with Gasteiger partial charge in [0.05, 0.1) is 22.8 Å². The van der Waals surface area contributed by atoms with E-state index in [0.717, 1.165) is 69.1 Å². The fourth-order valence-electron chi connectivity index (χ4n) is 4.60. The van der Waals surface area contributed by atoms with Crippen molar-refractivity contribution in [1.82, 2.24) is 9.97 Å². The van der Waals surface area contributed by atoms with Crippen LogP contribution in [-0.2, 0) is 0 Å². The quantitative estimate of drug-likeness (QED) is 0.146. The fourth-order valence-corrected chi connectivity index (χ4v) is 4.60. The van der Waals surface area contributed by atoms with Gasteiger partial charge in [0, 0.05) is 46.1 Å². The summed E-state index contributed by atoms with van der Waals surface area (Å²) in [6, 6.07) is 22.8. The number of halogens is 6. The highest BCUT2D eigenvalue weighted by Crippen LogP contribution is 2.32. The van der Waals surface area contributed by atoms with Gasteiger partial charge >= 0.3 is 0 Å². The lowest BCUT2D eigenvalue weighted by molar-refractivity contribution is 0.111. The van der Waals surface area contributed by atoms with Crippen LogP contribution in [0, 0.1) is 0 Å². The number of aromatic nitrogens is 2. The number of hydrogen-bond acceptors (Lipinski definition) is 4. The number of hydrogen-bond donors (Lipinski definition) is 2. The molecule has 0 spiro atoms. The zero-order valence-corrected chi connectivity index (χ0v) is 28.2. The number of carbonyl (C=O) groups is 2. The number of nitrogens with one attached hydrogen (secondary N) is 2. The van der Waals surface area contributed by atoms with E-state index in [9.17, 15) is 9.59 Å². The Morgan fingerprint density at radius 2 is 0.891 bits per heavy atom. The predicted molar refractivity (Wildman–Crippen MR) is 193 cm³/mol. The molecule has 4 heterocycles. The first kappa shape index (κ1) is 35.2. The number of nitrogens with zero attached hydrogens (tertiary/aromatic N) is 2. The highest BCUT2D eigenvalue weighted by molar-refractivity contribution is 6.63. The Morgan fingerprint density at radius 3 is 1.17 bits per heavy atom. The van der Waals surface area contributed by atoms with Gasteiger partial charge in [-0.25, -0.2) is 9.98 Å². The van der Waals surface area contributed by atoms with Crippen molar-refractivity contribution in [1.29, 1.82) is 0 Å². The van der Waals surface area contributed by atoms with Crippen LogP contribution in [0.5, 0.6) is 0 Å². The molecule has 0 aliphatic carbocycles. The molecule has 234 valence electrons. The van der Waals surface area contributed by atoms with Crippen LogP contribution in [0.15, 0.2) is 131 Å². The number of aliphatic imine (C=N–C) groups is 2. The Bertz CT molecular complexity index is 1680. The van der Waals surface area contributed by atoms with Crippen molar-refractivity contribution in [3.63, 3.8) is 0 Å². The van der Waals surface area contributed by atoms with E-state index >= 15 is 0 Å². The maximum absolute atomic E-state index is 11.1. The molecule has 2 N–H and O–H groups in total. The van der Waals surface area contributed by atoms with Gasteiger partial charge in [0.1, 0.15) is 12.6 Å². The predicted octanol–water partition coefficient (Wildman–Crippen LogP) is 10.2. The van der Waals surface area contributed by atoms with Crippen molar-refractivity contribution in [2.24, 2.45) is 9.98 Å². The van der Waals surface area contributed by atoms with Crippen LogP contribution in [0.2, 0.25) is 0 Å². The second kappa shape index (κ2) is 17.3. The molecular formula is C34H24Cl6N4O2.